The molecule has 0 aliphatic heterocycles. The van der Waals surface area contributed by atoms with Crippen molar-refractivity contribution >= 4 is 11.8 Å². The van der Waals surface area contributed by atoms with Gasteiger partial charge in [0.05, 0.1) is 26.4 Å². The van der Waals surface area contributed by atoms with Crippen LogP contribution in [0.2, 0.25) is 0 Å². The molecule has 0 aliphatic carbocycles. The molecule has 0 amide bonds. The van der Waals surface area contributed by atoms with E-state index in [9.17, 15) is 9.59 Å². The van der Waals surface area contributed by atoms with E-state index in [0.29, 0.717) is 30.1 Å². The van der Waals surface area contributed by atoms with Crippen LogP contribution in [-0.4, -0.2) is 32.6 Å². The highest BCUT2D eigenvalue weighted by atomic mass is 16.5. The molecule has 5 heteroatoms. The van der Waals surface area contributed by atoms with Crippen molar-refractivity contribution in [2.24, 2.45) is 0 Å². The number of benzene rings is 1. The summed E-state index contributed by atoms with van der Waals surface area (Å²) in [5.74, 6) is 0.751. The molecule has 5 nitrogen and oxygen atoms in total. The monoisotopic (exact) mass is 280 g/mol. The van der Waals surface area contributed by atoms with Crippen molar-refractivity contribution in [2.75, 3.05) is 20.8 Å². The molecule has 0 saturated carbocycles. The molecule has 0 radical (unpaired) electrons. The van der Waals surface area contributed by atoms with Crippen molar-refractivity contribution in [1.29, 1.82) is 0 Å². The minimum absolute atomic E-state index is 0.0766. The van der Waals surface area contributed by atoms with Crippen LogP contribution in [0.5, 0.6) is 11.5 Å². The van der Waals surface area contributed by atoms with E-state index in [4.69, 9.17) is 9.47 Å². The maximum absolute atomic E-state index is 12.2. The van der Waals surface area contributed by atoms with Crippen LogP contribution in [0, 0.1) is 0 Å². The minimum Gasteiger partial charge on any atom is -0.496 e. The number of Topliss-reactive ketones (excluding diaryl/α,β-unsaturated/α-hetero) is 1. The summed E-state index contributed by atoms with van der Waals surface area (Å²) >= 11 is 0. The zero-order valence-electron chi connectivity index (χ0n) is 12.1. The van der Waals surface area contributed by atoms with E-state index in [1.165, 1.54) is 14.2 Å². The van der Waals surface area contributed by atoms with Crippen molar-refractivity contribution < 1.29 is 23.8 Å². The van der Waals surface area contributed by atoms with Gasteiger partial charge in [0.2, 0.25) is 0 Å². The Morgan fingerprint density at radius 1 is 1.15 bits per heavy atom. The highest BCUT2D eigenvalue weighted by Crippen LogP contribution is 2.25. The van der Waals surface area contributed by atoms with Crippen molar-refractivity contribution in [3.8, 4) is 11.5 Å². The Kier molecular flexibility index (Phi) is 6.56. The van der Waals surface area contributed by atoms with E-state index in [0.717, 1.165) is 0 Å². The predicted molar refractivity (Wildman–Crippen MR) is 74.4 cm³/mol. The molecule has 1 rings (SSSR count). The lowest BCUT2D eigenvalue weighted by Gasteiger charge is -2.10. The van der Waals surface area contributed by atoms with Gasteiger partial charge in [0.15, 0.2) is 5.78 Å². The van der Waals surface area contributed by atoms with Gasteiger partial charge in [-0.15, -0.1) is 0 Å². The first-order valence-electron chi connectivity index (χ1n) is 6.53. The molecule has 0 spiro atoms. The number of hydrogen-bond acceptors (Lipinski definition) is 5. The molecular formula is C15H20O5. The molecule has 0 unspecified atom stereocenters. The number of rotatable bonds is 8. The molecule has 0 N–H and O–H groups in total. The van der Waals surface area contributed by atoms with Crippen molar-refractivity contribution in [1.82, 2.24) is 0 Å². The average Bonchev–Trinajstić information content (AvgIpc) is 2.47. The zero-order chi connectivity index (χ0) is 15.0. The highest BCUT2D eigenvalue weighted by Gasteiger charge is 2.14. The number of carbonyl (C=O) groups excluding carboxylic acids is 2. The molecule has 0 atom stereocenters. The molecule has 0 aromatic heterocycles. The Morgan fingerprint density at radius 3 is 2.50 bits per heavy atom. The molecular weight excluding hydrogens is 260 g/mol. The third kappa shape index (κ3) is 4.57. The number of ether oxygens (including phenoxy) is 3. The second kappa shape index (κ2) is 8.19. The lowest BCUT2D eigenvalue weighted by atomic mass is 10.0. The van der Waals surface area contributed by atoms with Crippen LogP contribution in [0.15, 0.2) is 18.2 Å². The zero-order valence-corrected chi connectivity index (χ0v) is 12.1. The molecule has 1 aromatic rings. The Labute approximate surface area is 118 Å². The maximum Gasteiger partial charge on any atom is 0.305 e. The Balaban J connectivity index is 2.74. The number of esters is 1. The lowest BCUT2D eigenvalue weighted by Crippen LogP contribution is -2.06. The predicted octanol–water partition coefficient (Wildman–Crippen LogP) is 2.62. The van der Waals surface area contributed by atoms with Gasteiger partial charge in [0.1, 0.15) is 11.5 Å². The van der Waals surface area contributed by atoms with E-state index < -0.39 is 0 Å². The summed E-state index contributed by atoms with van der Waals surface area (Å²) in [5, 5.41) is 0. The van der Waals surface area contributed by atoms with Crippen LogP contribution in [0.3, 0.4) is 0 Å². The Morgan fingerprint density at radius 2 is 1.90 bits per heavy atom. The summed E-state index contributed by atoms with van der Waals surface area (Å²) in [6, 6.07) is 5.13. The molecule has 110 valence electrons. The fourth-order valence-corrected chi connectivity index (χ4v) is 1.79. The SMILES string of the molecule is CCOc1ccc(OC)c(C(=O)CCCC(=O)OC)c1. The van der Waals surface area contributed by atoms with E-state index >= 15 is 0 Å². The van der Waals surface area contributed by atoms with Gasteiger partial charge >= 0.3 is 5.97 Å². The number of methoxy groups -OCH3 is 2. The van der Waals surface area contributed by atoms with Crippen LogP contribution in [0.25, 0.3) is 0 Å². The van der Waals surface area contributed by atoms with Crippen molar-refractivity contribution in [3.05, 3.63) is 23.8 Å². The Bertz CT molecular complexity index is 467. The summed E-state index contributed by atoms with van der Waals surface area (Å²) in [6.07, 6.45) is 0.949. The largest absolute Gasteiger partial charge is 0.496 e. The normalized spacial score (nSPS) is 9.95. The van der Waals surface area contributed by atoms with Crippen molar-refractivity contribution in [2.45, 2.75) is 26.2 Å². The van der Waals surface area contributed by atoms with Gasteiger partial charge in [-0.3, -0.25) is 9.59 Å². The molecule has 0 aliphatic rings. The van der Waals surface area contributed by atoms with Crippen LogP contribution in [0.4, 0.5) is 0 Å². The summed E-state index contributed by atoms with van der Waals surface area (Å²) in [4.78, 5) is 23.2. The lowest BCUT2D eigenvalue weighted by molar-refractivity contribution is -0.140. The van der Waals surface area contributed by atoms with Crippen LogP contribution in [-0.2, 0) is 9.53 Å². The molecule has 0 bridgehead atoms. The molecule has 0 fully saturated rings. The van der Waals surface area contributed by atoms with Crippen LogP contribution < -0.4 is 9.47 Å². The summed E-state index contributed by atoms with van der Waals surface area (Å²) in [6.45, 7) is 2.41. The fraction of sp³-hybridized carbons (Fsp3) is 0.467. The number of carbonyl (C=O) groups is 2. The van der Waals surface area contributed by atoms with E-state index in [1.54, 1.807) is 18.2 Å². The van der Waals surface area contributed by atoms with Gasteiger partial charge < -0.3 is 14.2 Å². The van der Waals surface area contributed by atoms with Gasteiger partial charge in [-0.1, -0.05) is 0 Å². The molecule has 20 heavy (non-hydrogen) atoms. The van der Waals surface area contributed by atoms with Gasteiger partial charge in [-0.2, -0.15) is 0 Å². The molecule has 1 aromatic carbocycles. The summed E-state index contributed by atoms with van der Waals surface area (Å²) < 4.78 is 15.1. The van der Waals surface area contributed by atoms with E-state index in [2.05, 4.69) is 4.74 Å². The van der Waals surface area contributed by atoms with Gasteiger partial charge in [0.25, 0.3) is 0 Å². The Hall–Kier alpha value is -2.04. The topological polar surface area (TPSA) is 61.8 Å². The van der Waals surface area contributed by atoms with Crippen LogP contribution in [0.1, 0.15) is 36.5 Å². The maximum atomic E-state index is 12.2. The first kappa shape index (κ1) is 16.0. The first-order valence-corrected chi connectivity index (χ1v) is 6.53. The van der Waals surface area contributed by atoms with E-state index in [1.807, 2.05) is 6.92 Å². The summed E-state index contributed by atoms with van der Waals surface area (Å²) in [5.41, 5.74) is 0.475. The summed E-state index contributed by atoms with van der Waals surface area (Å²) in [7, 11) is 2.85. The third-order valence-corrected chi connectivity index (χ3v) is 2.79. The minimum atomic E-state index is -0.312. The number of ketones is 1. The average molecular weight is 280 g/mol. The van der Waals surface area contributed by atoms with Gasteiger partial charge in [-0.05, 0) is 31.5 Å². The quantitative estimate of drug-likeness (QED) is 0.541. The van der Waals surface area contributed by atoms with Crippen LogP contribution >= 0.6 is 0 Å². The first-order chi connectivity index (χ1) is 9.62. The third-order valence-electron chi connectivity index (χ3n) is 2.79. The highest BCUT2D eigenvalue weighted by molar-refractivity contribution is 5.99. The smallest absolute Gasteiger partial charge is 0.305 e. The molecule has 0 heterocycles. The standard InChI is InChI=1S/C15H20O5/c1-4-20-11-8-9-14(18-2)12(10-11)13(16)6-5-7-15(17)19-3/h8-10H,4-7H2,1-3H3. The van der Waals surface area contributed by atoms with Gasteiger partial charge in [0, 0.05) is 12.8 Å². The fourth-order valence-electron chi connectivity index (χ4n) is 1.79. The second-order valence-corrected chi connectivity index (χ2v) is 4.15. The molecule has 0 saturated heterocycles. The van der Waals surface area contributed by atoms with E-state index in [-0.39, 0.29) is 24.6 Å². The number of hydrogen-bond donors (Lipinski definition) is 0. The van der Waals surface area contributed by atoms with Crippen molar-refractivity contribution in [3.63, 3.8) is 0 Å². The van der Waals surface area contributed by atoms with Gasteiger partial charge in [-0.25, -0.2) is 0 Å². The second-order valence-electron chi connectivity index (χ2n) is 4.15.